The molecule has 0 spiro atoms. The van der Waals surface area contributed by atoms with Crippen LogP contribution in [0.25, 0.3) is 0 Å². The average molecular weight is 290 g/mol. The third kappa shape index (κ3) is 4.99. The minimum atomic E-state index is 0.422. The van der Waals surface area contributed by atoms with Gasteiger partial charge in [0.25, 0.3) is 0 Å². The molecule has 3 nitrogen and oxygen atoms in total. The number of ether oxygens (including phenoxy) is 1. The molecule has 1 aliphatic carbocycles. The molecule has 1 heterocycles. The van der Waals surface area contributed by atoms with Gasteiger partial charge in [-0.25, -0.2) is 0 Å². The minimum Gasteiger partial charge on any atom is -0.492 e. The molecule has 2 rings (SSSR count). The van der Waals surface area contributed by atoms with Crippen LogP contribution in [0.2, 0.25) is 0 Å². The molecule has 1 unspecified atom stereocenters. The van der Waals surface area contributed by atoms with Crippen molar-refractivity contribution in [3.05, 3.63) is 24.0 Å². The standard InChI is InChI=1S/C18H30N2O/c1-3-11-21-17-12-16(13-19-14-17)18(20-4-2)15-9-7-5-6-8-10-15/h12-15,18,20H,3-11H2,1-2H3. The quantitative estimate of drug-likeness (QED) is 0.751. The minimum absolute atomic E-state index is 0.422. The van der Waals surface area contributed by atoms with Crippen LogP contribution in [0.3, 0.4) is 0 Å². The highest BCUT2D eigenvalue weighted by molar-refractivity contribution is 5.26. The molecule has 1 aliphatic rings. The number of hydrogen-bond donors (Lipinski definition) is 1. The van der Waals surface area contributed by atoms with E-state index in [4.69, 9.17) is 4.74 Å². The summed E-state index contributed by atoms with van der Waals surface area (Å²) in [5.74, 6) is 1.64. The Labute approximate surface area is 129 Å². The van der Waals surface area contributed by atoms with E-state index in [2.05, 4.69) is 30.2 Å². The summed E-state index contributed by atoms with van der Waals surface area (Å²) in [6.45, 7) is 6.08. The van der Waals surface area contributed by atoms with Gasteiger partial charge in [-0.15, -0.1) is 0 Å². The molecule has 0 bridgehead atoms. The fourth-order valence-corrected chi connectivity index (χ4v) is 3.33. The highest BCUT2D eigenvalue weighted by Crippen LogP contribution is 2.34. The monoisotopic (exact) mass is 290 g/mol. The zero-order chi connectivity index (χ0) is 14.9. The topological polar surface area (TPSA) is 34.1 Å². The van der Waals surface area contributed by atoms with Gasteiger partial charge in [0.1, 0.15) is 5.75 Å². The maximum atomic E-state index is 5.75. The van der Waals surface area contributed by atoms with Crippen molar-refractivity contribution in [1.29, 1.82) is 0 Å². The summed E-state index contributed by atoms with van der Waals surface area (Å²) >= 11 is 0. The van der Waals surface area contributed by atoms with Gasteiger partial charge >= 0.3 is 0 Å². The Morgan fingerprint density at radius 3 is 2.62 bits per heavy atom. The van der Waals surface area contributed by atoms with Gasteiger partial charge in [-0.05, 0) is 43.4 Å². The van der Waals surface area contributed by atoms with Crippen LogP contribution in [-0.2, 0) is 0 Å². The zero-order valence-electron chi connectivity index (χ0n) is 13.6. The molecule has 1 atom stereocenters. The van der Waals surface area contributed by atoms with E-state index < -0.39 is 0 Å². The summed E-state index contributed by atoms with van der Waals surface area (Å²) in [6.07, 6.45) is 13.1. The molecule has 1 fully saturated rings. The molecule has 0 radical (unpaired) electrons. The van der Waals surface area contributed by atoms with Crippen molar-refractivity contribution >= 4 is 0 Å². The van der Waals surface area contributed by atoms with E-state index in [-0.39, 0.29) is 0 Å². The van der Waals surface area contributed by atoms with Crippen molar-refractivity contribution in [1.82, 2.24) is 10.3 Å². The normalized spacial score (nSPS) is 18.2. The summed E-state index contributed by atoms with van der Waals surface area (Å²) in [5.41, 5.74) is 1.29. The third-order valence-electron chi connectivity index (χ3n) is 4.36. The molecule has 118 valence electrons. The van der Waals surface area contributed by atoms with Gasteiger partial charge in [0.05, 0.1) is 12.8 Å². The molecule has 1 aromatic heterocycles. The van der Waals surface area contributed by atoms with E-state index in [9.17, 15) is 0 Å². The number of nitrogens with one attached hydrogen (secondary N) is 1. The Hall–Kier alpha value is -1.09. The van der Waals surface area contributed by atoms with Crippen LogP contribution in [0.5, 0.6) is 5.75 Å². The fraction of sp³-hybridized carbons (Fsp3) is 0.722. The first-order valence-electron chi connectivity index (χ1n) is 8.66. The molecule has 1 N–H and O–H groups in total. The van der Waals surface area contributed by atoms with E-state index in [0.29, 0.717) is 6.04 Å². The van der Waals surface area contributed by atoms with Crippen LogP contribution < -0.4 is 10.1 Å². The predicted octanol–water partition coefficient (Wildman–Crippen LogP) is 4.49. The van der Waals surface area contributed by atoms with Crippen molar-refractivity contribution in [2.75, 3.05) is 13.2 Å². The number of pyridine rings is 1. The van der Waals surface area contributed by atoms with Gasteiger partial charge in [-0.2, -0.15) is 0 Å². The van der Waals surface area contributed by atoms with Crippen molar-refractivity contribution < 1.29 is 4.74 Å². The Bertz CT molecular complexity index is 400. The maximum Gasteiger partial charge on any atom is 0.137 e. The Morgan fingerprint density at radius 2 is 1.95 bits per heavy atom. The fourth-order valence-electron chi connectivity index (χ4n) is 3.33. The summed E-state index contributed by atoms with van der Waals surface area (Å²) in [7, 11) is 0. The van der Waals surface area contributed by atoms with E-state index in [1.165, 1.54) is 44.1 Å². The molecular weight excluding hydrogens is 260 g/mol. The lowest BCUT2D eigenvalue weighted by atomic mass is 9.87. The summed E-state index contributed by atoms with van der Waals surface area (Å²) in [6, 6.07) is 2.60. The molecule has 0 amide bonds. The van der Waals surface area contributed by atoms with Gasteiger partial charge in [-0.1, -0.05) is 39.5 Å². The predicted molar refractivity (Wildman–Crippen MR) is 87.6 cm³/mol. The number of aromatic nitrogens is 1. The molecule has 1 aromatic rings. The molecule has 0 aliphatic heterocycles. The summed E-state index contributed by atoms with van der Waals surface area (Å²) in [5, 5.41) is 3.68. The van der Waals surface area contributed by atoms with Crippen LogP contribution in [-0.4, -0.2) is 18.1 Å². The number of rotatable bonds is 7. The molecule has 3 heteroatoms. The SMILES string of the molecule is CCCOc1cncc(C(NCC)C2CCCCCC2)c1. The van der Waals surface area contributed by atoms with E-state index in [0.717, 1.165) is 31.2 Å². The summed E-state index contributed by atoms with van der Waals surface area (Å²) in [4.78, 5) is 4.39. The Kier molecular flexibility index (Phi) is 7.01. The first-order chi connectivity index (χ1) is 10.3. The lowest BCUT2D eigenvalue weighted by Crippen LogP contribution is -2.28. The molecule has 1 saturated carbocycles. The Balaban J connectivity index is 2.12. The molecular formula is C18H30N2O. The lowest BCUT2D eigenvalue weighted by molar-refractivity contribution is 0.309. The van der Waals surface area contributed by atoms with Gasteiger partial charge in [-0.3, -0.25) is 4.98 Å². The van der Waals surface area contributed by atoms with Crippen LogP contribution >= 0.6 is 0 Å². The number of nitrogens with zero attached hydrogens (tertiary/aromatic N) is 1. The highest BCUT2D eigenvalue weighted by Gasteiger charge is 2.24. The van der Waals surface area contributed by atoms with E-state index in [1.807, 2.05) is 12.4 Å². The summed E-state index contributed by atoms with van der Waals surface area (Å²) < 4.78 is 5.75. The second kappa shape index (κ2) is 9.04. The highest BCUT2D eigenvalue weighted by atomic mass is 16.5. The van der Waals surface area contributed by atoms with E-state index >= 15 is 0 Å². The van der Waals surface area contributed by atoms with Crippen LogP contribution in [0.1, 0.15) is 70.4 Å². The van der Waals surface area contributed by atoms with Crippen LogP contribution in [0.4, 0.5) is 0 Å². The first-order valence-corrected chi connectivity index (χ1v) is 8.66. The van der Waals surface area contributed by atoms with Gasteiger partial charge in [0.2, 0.25) is 0 Å². The maximum absolute atomic E-state index is 5.75. The largest absolute Gasteiger partial charge is 0.492 e. The van der Waals surface area contributed by atoms with Crippen molar-refractivity contribution in [2.45, 2.75) is 64.8 Å². The Morgan fingerprint density at radius 1 is 1.19 bits per heavy atom. The van der Waals surface area contributed by atoms with Crippen molar-refractivity contribution in [3.8, 4) is 5.75 Å². The third-order valence-corrected chi connectivity index (χ3v) is 4.36. The second-order valence-corrected chi connectivity index (χ2v) is 6.09. The van der Waals surface area contributed by atoms with Gasteiger partial charge in [0.15, 0.2) is 0 Å². The molecule has 21 heavy (non-hydrogen) atoms. The average Bonchev–Trinajstić information content (AvgIpc) is 2.80. The zero-order valence-corrected chi connectivity index (χ0v) is 13.6. The van der Waals surface area contributed by atoms with Crippen molar-refractivity contribution in [3.63, 3.8) is 0 Å². The van der Waals surface area contributed by atoms with E-state index in [1.54, 1.807) is 0 Å². The first kappa shape index (κ1) is 16.3. The number of hydrogen-bond acceptors (Lipinski definition) is 3. The molecule has 0 aromatic carbocycles. The van der Waals surface area contributed by atoms with Crippen LogP contribution in [0.15, 0.2) is 18.5 Å². The smallest absolute Gasteiger partial charge is 0.137 e. The van der Waals surface area contributed by atoms with Crippen LogP contribution in [0, 0.1) is 5.92 Å². The second-order valence-electron chi connectivity index (χ2n) is 6.09. The lowest BCUT2D eigenvalue weighted by Gasteiger charge is -2.27. The molecule has 0 saturated heterocycles. The van der Waals surface area contributed by atoms with Gasteiger partial charge < -0.3 is 10.1 Å². The van der Waals surface area contributed by atoms with Gasteiger partial charge in [0, 0.05) is 12.2 Å². The van der Waals surface area contributed by atoms with Crippen molar-refractivity contribution in [2.24, 2.45) is 5.92 Å².